The Morgan fingerprint density at radius 3 is 2.43 bits per heavy atom. The van der Waals surface area contributed by atoms with Crippen molar-refractivity contribution < 1.29 is 27.8 Å². The third kappa shape index (κ3) is 3.18. The van der Waals surface area contributed by atoms with E-state index in [1.165, 1.54) is 28.9 Å². The van der Waals surface area contributed by atoms with Crippen molar-refractivity contribution >= 4 is 16.9 Å². The molecule has 0 unspecified atom stereocenters. The van der Waals surface area contributed by atoms with Crippen LogP contribution in [0.1, 0.15) is 16.7 Å². The van der Waals surface area contributed by atoms with Gasteiger partial charge in [0.25, 0.3) is 0 Å². The summed E-state index contributed by atoms with van der Waals surface area (Å²) >= 11 is 0. The number of hydrogen-bond acceptors (Lipinski definition) is 5. The standard InChI is InChI=1S/C19H16F3N3O3/c1-24-16-14(26)7-6-13(10-25-8-11-4-2-3-5-12(11)9-25)15(16)17(23-24)28-18(27)19(20,21)22/h2-7,26H,8-10H2,1H3. The quantitative estimate of drug-likeness (QED) is 0.695. The highest BCUT2D eigenvalue weighted by molar-refractivity contribution is 5.94. The Morgan fingerprint density at radius 1 is 1.18 bits per heavy atom. The summed E-state index contributed by atoms with van der Waals surface area (Å²) in [5, 5.41) is 14.2. The van der Waals surface area contributed by atoms with E-state index in [2.05, 4.69) is 14.7 Å². The van der Waals surface area contributed by atoms with E-state index < -0.39 is 18.0 Å². The number of alkyl halides is 3. The van der Waals surface area contributed by atoms with Gasteiger partial charge in [0.05, 0.1) is 5.39 Å². The van der Waals surface area contributed by atoms with Crippen molar-refractivity contribution in [2.24, 2.45) is 7.05 Å². The van der Waals surface area contributed by atoms with Gasteiger partial charge in [-0.1, -0.05) is 30.3 Å². The van der Waals surface area contributed by atoms with Crippen LogP contribution in [-0.2, 0) is 31.5 Å². The van der Waals surface area contributed by atoms with Crippen LogP contribution in [0.3, 0.4) is 0 Å². The molecule has 0 amide bonds. The van der Waals surface area contributed by atoms with Crippen LogP contribution in [0, 0.1) is 0 Å². The molecule has 0 aliphatic carbocycles. The largest absolute Gasteiger partial charge is 0.506 e. The molecule has 0 bridgehead atoms. The Kier molecular flexibility index (Phi) is 4.26. The van der Waals surface area contributed by atoms with Crippen LogP contribution in [0.15, 0.2) is 36.4 Å². The number of rotatable bonds is 3. The lowest BCUT2D eigenvalue weighted by Crippen LogP contribution is -2.28. The Bertz CT molecular complexity index is 1050. The van der Waals surface area contributed by atoms with Crippen molar-refractivity contribution in [1.82, 2.24) is 14.7 Å². The number of fused-ring (bicyclic) bond motifs is 2. The summed E-state index contributed by atoms with van der Waals surface area (Å²) in [4.78, 5) is 13.4. The zero-order valence-electron chi connectivity index (χ0n) is 14.8. The maximum atomic E-state index is 12.6. The molecule has 0 radical (unpaired) electrons. The van der Waals surface area contributed by atoms with Gasteiger partial charge in [0.1, 0.15) is 11.3 Å². The molecule has 2 heterocycles. The van der Waals surface area contributed by atoms with Gasteiger partial charge in [0.2, 0.25) is 5.88 Å². The second-order valence-electron chi connectivity index (χ2n) is 6.70. The number of phenols is 1. The molecule has 28 heavy (non-hydrogen) atoms. The van der Waals surface area contributed by atoms with Crippen molar-refractivity contribution in [2.45, 2.75) is 25.8 Å². The molecule has 6 nitrogen and oxygen atoms in total. The van der Waals surface area contributed by atoms with Crippen LogP contribution in [0.25, 0.3) is 10.9 Å². The van der Waals surface area contributed by atoms with Gasteiger partial charge in [-0.05, 0) is 22.8 Å². The van der Waals surface area contributed by atoms with Gasteiger partial charge in [-0.3, -0.25) is 9.58 Å². The van der Waals surface area contributed by atoms with E-state index in [0.29, 0.717) is 25.2 Å². The Balaban J connectivity index is 1.71. The first kappa shape index (κ1) is 18.3. The average Bonchev–Trinajstić information content (AvgIpc) is 3.17. The monoisotopic (exact) mass is 391 g/mol. The van der Waals surface area contributed by atoms with E-state index in [9.17, 15) is 23.1 Å². The summed E-state index contributed by atoms with van der Waals surface area (Å²) in [7, 11) is 1.46. The number of carbonyl (C=O) groups is 1. The highest BCUT2D eigenvalue weighted by Crippen LogP contribution is 2.36. The predicted octanol–water partition coefficient (Wildman–Crippen LogP) is 3.26. The minimum atomic E-state index is -5.14. The number of carbonyl (C=O) groups excluding carboxylic acids is 1. The SMILES string of the molecule is Cn1nc(OC(=O)C(F)(F)F)c2c(CN3Cc4ccccc4C3)ccc(O)c21. The Morgan fingerprint density at radius 2 is 1.82 bits per heavy atom. The van der Waals surface area contributed by atoms with Gasteiger partial charge in [0.15, 0.2) is 0 Å². The zero-order chi connectivity index (χ0) is 20.1. The second-order valence-corrected chi connectivity index (χ2v) is 6.70. The van der Waals surface area contributed by atoms with Gasteiger partial charge in [0, 0.05) is 26.7 Å². The minimum Gasteiger partial charge on any atom is -0.506 e. The summed E-state index contributed by atoms with van der Waals surface area (Å²) in [6.07, 6.45) is -5.14. The second kappa shape index (κ2) is 6.52. The minimum absolute atomic E-state index is 0.159. The van der Waals surface area contributed by atoms with E-state index in [0.717, 1.165) is 0 Å². The number of benzene rings is 2. The summed E-state index contributed by atoms with van der Waals surface area (Å²) in [5.41, 5.74) is 3.19. The number of aromatic hydroxyl groups is 1. The van der Waals surface area contributed by atoms with Crippen molar-refractivity contribution in [3.8, 4) is 11.6 Å². The maximum Gasteiger partial charge on any atom is 0.491 e. The van der Waals surface area contributed by atoms with Crippen LogP contribution >= 0.6 is 0 Å². The number of ether oxygens (including phenoxy) is 1. The van der Waals surface area contributed by atoms with E-state index in [1.807, 2.05) is 24.3 Å². The third-order valence-electron chi connectivity index (χ3n) is 4.74. The fourth-order valence-electron chi connectivity index (χ4n) is 3.53. The van der Waals surface area contributed by atoms with Gasteiger partial charge >= 0.3 is 12.1 Å². The molecule has 2 aromatic carbocycles. The first-order valence-electron chi connectivity index (χ1n) is 8.49. The topological polar surface area (TPSA) is 67.6 Å². The summed E-state index contributed by atoms with van der Waals surface area (Å²) in [6, 6.07) is 11.0. The lowest BCUT2D eigenvalue weighted by Gasteiger charge is -2.16. The number of halogens is 3. The molecule has 1 aliphatic heterocycles. The van der Waals surface area contributed by atoms with Crippen molar-refractivity contribution in [1.29, 1.82) is 0 Å². The van der Waals surface area contributed by atoms with Crippen molar-refractivity contribution in [3.05, 3.63) is 53.1 Å². The maximum absolute atomic E-state index is 12.6. The summed E-state index contributed by atoms with van der Waals surface area (Å²) in [5.74, 6) is -2.98. The molecule has 0 saturated heterocycles. The van der Waals surface area contributed by atoms with Crippen LogP contribution in [0.5, 0.6) is 11.6 Å². The molecule has 1 N–H and O–H groups in total. The molecule has 4 rings (SSSR count). The Labute approximate surface area is 157 Å². The number of phenolic OH excluding ortho intramolecular Hbond substituents is 1. The highest BCUT2D eigenvalue weighted by atomic mass is 19.4. The fraction of sp³-hybridized carbons (Fsp3) is 0.263. The summed E-state index contributed by atoms with van der Waals surface area (Å²) in [6.45, 7) is 1.78. The molecule has 3 aromatic rings. The number of aromatic nitrogens is 2. The van der Waals surface area contributed by atoms with Gasteiger partial charge in [-0.2, -0.15) is 13.2 Å². The van der Waals surface area contributed by atoms with Crippen LogP contribution in [0.2, 0.25) is 0 Å². The third-order valence-corrected chi connectivity index (χ3v) is 4.74. The van der Waals surface area contributed by atoms with Gasteiger partial charge in [-0.25, -0.2) is 4.79 Å². The molecule has 0 spiro atoms. The van der Waals surface area contributed by atoms with E-state index >= 15 is 0 Å². The van der Waals surface area contributed by atoms with Gasteiger partial charge in [-0.15, -0.1) is 5.10 Å². The fourth-order valence-corrected chi connectivity index (χ4v) is 3.53. The van der Waals surface area contributed by atoms with Crippen molar-refractivity contribution in [3.63, 3.8) is 0 Å². The molecule has 146 valence electrons. The number of esters is 1. The Hall–Kier alpha value is -3.07. The molecule has 1 aromatic heterocycles. The lowest BCUT2D eigenvalue weighted by molar-refractivity contribution is -0.189. The summed E-state index contributed by atoms with van der Waals surface area (Å²) < 4.78 is 43.6. The molecular formula is C19H16F3N3O3. The van der Waals surface area contributed by atoms with E-state index in [-0.39, 0.29) is 16.7 Å². The van der Waals surface area contributed by atoms with E-state index in [1.54, 1.807) is 6.07 Å². The molecule has 0 fully saturated rings. The average molecular weight is 391 g/mol. The molecule has 9 heteroatoms. The van der Waals surface area contributed by atoms with E-state index in [4.69, 9.17) is 0 Å². The molecule has 1 aliphatic rings. The van der Waals surface area contributed by atoms with Crippen molar-refractivity contribution in [2.75, 3.05) is 0 Å². The first-order chi connectivity index (χ1) is 13.2. The normalized spacial score (nSPS) is 14.4. The van der Waals surface area contributed by atoms with Crippen LogP contribution < -0.4 is 4.74 Å². The lowest BCUT2D eigenvalue weighted by atomic mass is 10.1. The predicted molar refractivity (Wildman–Crippen MR) is 93.5 cm³/mol. The number of nitrogens with zero attached hydrogens (tertiary/aromatic N) is 3. The van der Waals surface area contributed by atoms with Crippen LogP contribution in [-0.4, -0.2) is 31.9 Å². The number of hydrogen-bond donors (Lipinski definition) is 1. The van der Waals surface area contributed by atoms with Crippen LogP contribution in [0.4, 0.5) is 13.2 Å². The molecular weight excluding hydrogens is 375 g/mol. The highest BCUT2D eigenvalue weighted by Gasteiger charge is 2.42. The van der Waals surface area contributed by atoms with Gasteiger partial charge < -0.3 is 9.84 Å². The zero-order valence-corrected chi connectivity index (χ0v) is 14.8. The number of aryl methyl sites for hydroxylation is 1. The smallest absolute Gasteiger partial charge is 0.491 e. The molecule has 0 atom stereocenters. The first-order valence-corrected chi connectivity index (χ1v) is 8.49. The molecule has 0 saturated carbocycles.